The Morgan fingerprint density at radius 3 is 0.790 bits per heavy atom. The Morgan fingerprint density at radius 1 is 0.323 bits per heavy atom. The second-order valence-corrected chi connectivity index (χ2v) is 22.6. The third-order valence-electron chi connectivity index (χ3n) is 12.9. The smallest absolute Gasteiger partial charge is 0.222 e. The van der Waals surface area contributed by atoms with Gasteiger partial charge in [0.15, 0.2) is 0 Å². The van der Waals surface area contributed by atoms with Gasteiger partial charge in [-0.05, 0) is 90.9 Å². The van der Waals surface area contributed by atoms with E-state index in [0.717, 1.165) is 77.0 Å². The second-order valence-electron chi connectivity index (χ2n) is 18.8. The average molecular weight is 1130 g/mol. The molecule has 0 aliphatic carbocycles. The summed E-state index contributed by atoms with van der Waals surface area (Å²) in [5.74, 6) is 0.576. The molecule has 0 aromatic heterocycles. The average Bonchev–Trinajstić information content (AvgIpc) is 3.26. The van der Waals surface area contributed by atoms with Crippen LogP contribution in [0.1, 0.15) is 286 Å². The van der Waals surface area contributed by atoms with Crippen molar-refractivity contribution in [2.24, 2.45) is 0 Å². The van der Waals surface area contributed by atoms with E-state index in [9.17, 15) is 9.59 Å². The van der Waals surface area contributed by atoms with Gasteiger partial charge >= 0.3 is 0 Å². The number of halogens is 4. The van der Waals surface area contributed by atoms with Crippen LogP contribution in [0, 0.1) is 0 Å². The maximum Gasteiger partial charge on any atom is 0.222 e. The molecular formula is C54H100Br4N2O2. The number of carbonyl (C=O) groups excluding carboxylic acids is 2. The van der Waals surface area contributed by atoms with Crippen molar-refractivity contribution in [2.75, 3.05) is 13.1 Å². The highest BCUT2D eigenvalue weighted by Crippen LogP contribution is 2.30. The number of hydrogen-bond acceptors (Lipinski definition) is 2. The monoisotopic (exact) mass is 1120 g/mol. The van der Waals surface area contributed by atoms with Crippen LogP contribution < -0.4 is 0 Å². The summed E-state index contributed by atoms with van der Waals surface area (Å²) in [5.41, 5.74) is 0. The molecule has 0 aromatic carbocycles. The van der Waals surface area contributed by atoms with Crippen molar-refractivity contribution in [1.82, 2.24) is 9.80 Å². The summed E-state index contributed by atoms with van der Waals surface area (Å²) in [7, 11) is 0. The summed E-state index contributed by atoms with van der Waals surface area (Å²) in [6, 6.07) is 0.419. The molecule has 0 N–H and O–H groups in total. The van der Waals surface area contributed by atoms with E-state index in [2.05, 4.69) is 115 Å². The van der Waals surface area contributed by atoms with Gasteiger partial charge in [-0.1, -0.05) is 246 Å². The molecule has 8 heteroatoms. The fourth-order valence-corrected chi connectivity index (χ4v) is 10.5. The summed E-state index contributed by atoms with van der Waals surface area (Å²) >= 11 is 15.4. The predicted octanol–water partition coefficient (Wildman–Crippen LogP) is 20.3. The standard InChI is InChI=1S/C54H100Br4N2O2/c1-7-11-15-19-23-31-39-49(55)51(57)41-33-25-21-27-35-43-53(61)59(47(5)37-29-17-13-9-3)45-46-60(48(6)38-30-18-14-10-4)54(62)44-36-28-22-26-34-42-52(58)50(56)40-32-24-20-16-12-8-2/h47-48H,7-46H2,1-6H3. The molecule has 0 spiro atoms. The lowest BCUT2D eigenvalue weighted by Crippen LogP contribution is -2.47. The number of allylic oxidation sites excluding steroid dienone is 4. The summed E-state index contributed by atoms with van der Waals surface area (Å²) in [6.45, 7) is 14.9. The zero-order chi connectivity index (χ0) is 46.1. The van der Waals surface area contributed by atoms with Crippen LogP contribution in [-0.4, -0.2) is 46.8 Å². The number of unbranched alkanes of at least 4 members (excludes halogenated alkanes) is 24. The van der Waals surface area contributed by atoms with E-state index in [1.807, 2.05) is 0 Å². The van der Waals surface area contributed by atoms with Crippen molar-refractivity contribution in [3.8, 4) is 0 Å². The maximum atomic E-state index is 13.9. The van der Waals surface area contributed by atoms with Crippen LogP contribution in [0.4, 0.5) is 0 Å². The molecule has 0 fully saturated rings. The van der Waals surface area contributed by atoms with Crippen LogP contribution in [0.15, 0.2) is 17.9 Å². The Labute approximate surface area is 420 Å². The minimum atomic E-state index is 0.209. The molecule has 0 rings (SSSR count). The fourth-order valence-electron chi connectivity index (χ4n) is 8.57. The third-order valence-corrected chi connectivity index (χ3v) is 17.5. The number of nitrogens with zero attached hydrogens (tertiary/aromatic N) is 2. The molecule has 2 atom stereocenters. The van der Waals surface area contributed by atoms with Gasteiger partial charge in [0.05, 0.1) is 0 Å². The van der Waals surface area contributed by atoms with Crippen molar-refractivity contribution in [3.63, 3.8) is 0 Å². The highest BCUT2D eigenvalue weighted by Gasteiger charge is 2.24. The highest BCUT2D eigenvalue weighted by atomic mass is 79.9. The van der Waals surface area contributed by atoms with Crippen molar-refractivity contribution >= 4 is 75.5 Å². The Morgan fingerprint density at radius 2 is 0.532 bits per heavy atom. The molecule has 2 unspecified atom stereocenters. The van der Waals surface area contributed by atoms with Crippen molar-refractivity contribution in [3.05, 3.63) is 17.9 Å². The zero-order valence-electron chi connectivity index (χ0n) is 41.7. The first-order chi connectivity index (χ1) is 30.0. The van der Waals surface area contributed by atoms with Gasteiger partial charge < -0.3 is 9.80 Å². The Balaban J connectivity index is 5.12. The van der Waals surface area contributed by atoms with Gasteiger partial charge in [-0.25, -0.2) is 0 Å². The first-order valence-corrected chi connectivity index (χ1v) is 29.9. The maximum absolute atomic E-state index is 13.9. The lowest BCUT2D eigenvalue weighted by atomic mass is 10.0. The topological polar surface area (TPSA) is 40.6 Å². The fraction of sp³-hybridized carbons (Fsp3) is 0.889. The molecule has 0 aliphatic rings. The summed E-state index contributed by atoms with van der Waals surface area (Å²) < 4.78 is 5.36. The Bertz CT molecular complexity index is 1040. The van der Waals surface area contributed by atoms with E-state index >= 15 is 0 Å². The van der Waals surface area contributed by atoms with E-state index in [0.29, 0.717) is 25.9 Å². The normalized spacial score (nSPS) is 13.5. The van der Waals surface area contributed by atoms with Crippen molar-refractivity contribution in [1.29, 1.82) is 0 Å². The molecule has 366 valence electrons. The van der Waals surface area contributed by atoms with Crippen molar-refractivity contribution in [2.45, 2.75) is 298 Å². The van der Waals surface area contributed by atoms with Gasteiger partial charge in [-0.15, -0.1) is 0 Å². The first kappa shape index (κ1) is 62.3. The third kappa shape index (κ3) is 35.5. The molecule has 0 aliphatic heterocycles. The van der Waals surface area contributed by atoms with Gasteiger partial charge in [-0.2, -0.15) is 0 Å². The Kier molecular flexibility index (Phi) is 45.4. The van der Waals surface area contributed by atoms with E-state index < -0.39 is 0 Å². The molecule has 0 bridgehead atoms. The van der Waals surface area contributed by atoms with Crippen LogP contribution in [0.5, 0.6) is 0 Å². The van der Waals surface area contributed by atoms with E-state index in [1.54, 1.807) is 0 Å². The number of rotatable bonds is 45. The second kappa shape index (κ2) is 45.1. The summed E-state index contributed by atoms with van der Waals surface area (Å²) in [6.07, 6.45) is 44.8. The molecular weight excluding hydrogens is 1030 g/mol. The molecule has 0 saturated heterocycles. The van der Waals surface area contributed by atoms with Gasteiger partial charge in [-0.3, -0.25) is 9.59 Å². The van der Waals surface area contributed by atoms with Crippen LogP contribution in [0.2, 0.25) is 0 Å². The lowest BCUT2D eigenvalue weighted by molar-refractivity contribution is -0.138. The highest BCUT2D eigenvalue weighted by molar-refractivity contribution is 9.14. The molecule has 0 radical (unpaired) electrons. The Hall–Kier alpha value is 0.340. The van der Waals surface area contributed by atoms with Gasteiger partial charge in [0.1, 0.15) is 0 Å². The van der Waals surface area contributed by atoms with Gasteiger partial charge in [0.25, 0.3) is 0 Å². The lowest BCUT2D eigenvalue weighted by Gasteiger charge is -2.35. The van der Waals surface area contributed by atoms with Crippen LogP contribution in [0.3, 0.4) is 0 Å². The van der Waals surface area contributed by atoms with E-state index in [4.69, 9.17) is 0 Å². The molecule has 62 heavy (non-hydrogen) atoms. The largest absolute Gasteiger partial charge is 0.338 e. The first-order valence-electron chi connectivity index (χ1n) is 26.7. The van der Waals surface area contributed by atoms with Crippen LogP contribution in [-0.2, 0) is 9.59 Å². The SMILES string of the molecule is CCCCCCCCC(Br)=C(Br)CCCCCCCC(=O)N(CCN(C(=O)CCCCCCCC(Br)=C(Br)CCCCCCCC)C(C)CCCCCC)C(C)CCCCCC. The quantitative estimate of drug-likeness (QED) is 0.0570. The van der Waals surface area contributed by atoms with Crippen LogP contribution >= 0.6 is 63.7 Å². The van der Waals surface area contributed by atoms with E-state index in [1.165, 1.54) is 172 Å². The predicted molar refractivity (Wildman–Crippen MR) is 290 cm³/mol. The zero-order valence-corrected chi connectivity index (χ0v) is 48.0. The number of amides is 2. The van der Waals surface area contributed by atoms with Gasteiger partial charge in [0, 0.05) is 55.9 Å². The molecule has 0 heterocycles. The molecule has 4 nitrogen and oxygen atoms in total. The minimum Gasteiger partial charge on any atom is -0.338 e. The summed E-state index contributed by atoms with van der Waals surface area (Å²) in [5, 5.41) is 0. The van der Waals surface area contributed by atoms with Gasteiger partial charge in [0.2, 0.25) is 11.8 Å². The number of carbonyl (C=O) groups is 2. The summed E-state index contributed by atoms with van der Waals surface area (Å²) in [4.78, 5) is 32.2. The molecule has 0 saturated carbocycles. The van der Waals surface area contributed by atoms with E-state index in [-0.39, 0.29) is 23.9 Å². The molecule has 0 aromatic rings. The van der Waals surface area contributed by atoms with Crippen molar-refractivity contribution < 1.29 is 9.59 Å². The van der Waals surface area contributed by atoms with Crippen LogP contribution in [0.25, 0.3) is 0 Å². The number of hydrogen-bond donors (Lipinski definition) is 0. The molecule has 2 amide bonds. The minimum absolute atomic E-state index is 0.209.